The average Bonchev–Trinajstić information content (AvgIpc) is 3.12. The number of nitrogens with two attached hydrogens (primary N) is 1. The van der Waals surface area contributed by atoms with Gasteiger partial charge in [-0.05, 0) is 42.4 Å². The third kappa shape index (κ3) is 5.42. The lowest BCUT2D eigenvalue weighted by molar-refractivity contribution is -0.122. The summed E-state index contributed by atoms with van der Waals surface area (Å²) in [6.07, 6.45) is 3.73. The van der Waals surface area contributed by atoms with Crippen molar-refractivity contribution in [1.29, 1.82) is 0 Å². The Labute approximate surface area is 169 Å². The summed E-state index contributed by atoms with van der Waals surface area (Å²) < 4.78 is -0.665. The fourth-order valence-electron chi connectivity index (χ4n) is 3.38. The topological polar surface area (TPSA) is 72.2 Å². The van der Waals surface area contributed by atoms with E-state index in [-0.39, 0.29) is 5.91 Å². The van der Waals surface area contributed by atoms with Gasteiger partial charge in [-0.15, -0.1) is 0 Å². The van der Waals surface area contributed by atoms with Gasteiger partial charge in [0.25, 0.3) is 0 Å². The highest BCUT2D eigenvalue weighted by Crippen LogP contribution is 2.37. The highest BCUT2D eigenvalue weighted by Gasteiger charge is 2.32. The molecular weight excluding hydrogens is 404 g/mol. The van der Waals surface area contributed by atoms with Crippen molar-refractivity contribution in [3.05, 3.63) is 71.3 Å². The number of halogens is 1. The Bertz CT molecular complexity index is 773. The van der Waals surface area contributed by atoms with Crippen LogP contribution in [0.2, 0.25) is 0 Å². The van der Waals surface area contributed by atoms with E-state index in [1.54, 1.807) is 0 Å². The van der Waals surface area contributed by atoms with Crippen molar-refractivity contribution in [1.82, 2.24) is 5.32 Å². The minimum Gasteiger partial charge on any atom is -0.351 e. The molecule has 27 heavy (non-hydrogen) atoms. The molecule has 4 nitrogen and oxygen atoms in total. The van der Waals surface area contributed by atoms with E-state index in [1.165, 1.54) is 29.5 Å². The molecule has 1 atom stereocenters. The van der Waals surface area contributed by atoms with E-state index < -0.39 is 10.4 Å². The van der Waals surface area contributed by atoms with Crippen LogP contribution in [0.15, 0.2) is 54.6 Å². The molecule has 0 spiro atoms. The number of hydrogen-bond acceptors (Lipinski definition) is 2. The number of benzene rings is 2. The summed E-state index contributed by atoms with van der Waals surface area (Å²) in [5.74, 6) is 0.252. The molecule has 2 aromatic carbocycles. The number of aryl methyl sites for hydroxylation is 1. The maximum absolute atomic E-state index is 11.3. The predicted octanol–water partition coefficient (Wildman–Crippen LogP) is 4.90. The second-order valence-electron chi connectivity index (χ2n) is 6.69. The van der Waals surface area contributed by atoms with Crippen LogP contribution in [0.3, 0.4) is 0 Å². The third-order valence-electron chi connectivity index (χ3n) is 5.10. The van der Waals surface area contributed by atoms with E-state index in [4.69, 9.17) is 5.73 Å². The largest absolute Gasteiger partial charge is 0.351 e. The van der Waals surface area contributed by atoms with Crippen molar-refractivity contribution in [2.45, 2.75) is 49.8 Å². The van der Waals surface area contributed by atoms with E-state index in [9.17, 15) is 9.59 Å². The molecule has 2 aromatic rings. The highest BCUT2D eigenvalue weighted by atomic mass is 79.9. The second-order valence-corrected chi connectivity index (χ2v) is 8.21. The first-order chi connectivity index (χ1) is 12.9. The Morgan fingerprint density at radius 1 is 1.07 bits per heavy atom. The van der Waals surface area contributed by atoms with E-state index >= 15 is 0 Å². The van der Waals surface area contributed by atoms with Gasteiger partial charge in [0.05, 0.1) is 0 Å². The molecule has 144 valence electrons. The molecule has 1 aliphatic carbocycles. The average molecular weight is 431 g/mol. The molecule has 3 N–H and O–H groups in total. The van der Waals surface area contributed by atoms with Gasteiger partial charge in [0.1, 0.15) is 4.32 Å². The third-order valence-corrected chi connectivity index (χ3v) is 6.58. The monoisotopic (exact) mass is 430 g/mol. The molecule has 0 fully saturated rings. The lowest BCUT2D eigenvalue weighted by atomic mass is 9.93. The maximum atomic E-state index is 11.3. The highest BCUT2D eigenvalue weighted by molar-refractivity contribution is 9.10. The van der Waals surface area contributed by atoms with Crippen LogP contribution in [0, 0.1) is 0 Å². The first-order valence-corrected chi connectivity index (χ1v) is 10.1. The molecule has 5 heteroatoms. The maximum Gasteiger partial charge on any atom is 0.318 e. The Morgan fingerprint density at radius 3 is 2.26 bits per heavy atom. The van der Waals surface area contributed by atoms with Crippen molar-refractivity contribution in [3.8, 4) is 0 Å². The minimum absolute atomic E-state index is 0.375. The van der Waals surface area contributed by atoms with Gasteiger partial charge >= 0.3 is 6.03 Å². The lowest BCUT2D eigenvalue weighted by Crippen LogP contribution is -2.46. The smallest absolute Gasteiger partial charge is 0.318 e. The summed E-state index contributed by atoms with van der Waals surface area (Å²) in [4.78, 5) is 21.6. The van der Waals surface area contributed by atoms with Gasteiger partial charge in [-0.3, -0.25) is 10.1 Å². The van der Waals surface area contributed by atoms with Crippen LogP contribution in [-0.2, 0) is 11.2 Å². The molecular formula is C22H27BrN2O2. The number of rotatable bonds is 4. The predicted molar refractivity (Wildman–Crippen MR) is 113 cm³/mol. The zero-order valence-corrected chi connectivity index (χ0v) is 17.5. The first kappa shape index (κ1) is 21.2. The summed E-state index contributed by atoms with van der Waals surface area (Å²) in [7, 11) is 0. The van der Waals surface area contributed by atoms with Crippen LogP contribution in [0.5, 0.6) is 0 Å². The summed E-state index contributed by atoms with van der Waals surface area (Å²) in [5, 5.41) is 2.04. The van der Waals surface area contributed by atoms with Crippen LogP contribution in [0.1, 0.15) is 55.7 Å². The molecule has 0 aromatic heterocycles. The van der Waals surface area contributed by atoms with Crippen molar-refractivity contribution in [2.24, 2.45) is 5.73 Å². The quantitative estimate of drug-likeness (QED) is 0.676. The Kier molecular flexibility index (Phi) is 7.60. The van der Waals surface area contributed by atoms with Crippen LogP contribution in [0.4, 0.5) is 4.79 Å². The van der Waals surface area contributed by atoms with Gasteiger partial charge in [0, 0.05) is 5.92 Å². The molecule has 1 aliphatic rings. The SMILES string of the molecule is CCC(Br)(CC)C(=O)NC(N)=O.c1ccc(C2CCc3ccccc32)cc1. The Balaban J connectivity index is 0.000000201. The Morgan fingerprint density at radius 2 is 1.67 bits per heavy atom. The number of carbonyl (C=O) groups is 2. The summed E-state index contributed by atoms with van der Waals surface area (Å²) in [6.45, 7) is 3.72. The standard InChI is InChI=1S/C15H14.C7H13BrN2O2/c1-2-6-12(7-3-1)15-11-10-13-8-4-5-9-14(13)15;1-3-7(8,4-2)5(11)10-6(9)12/h1-9,15H,10-11H2;3-4H2,1-2H3,(H3,9,10,11,12). The molecule has 3 rings (SSSR count). The Hall–Kier alpha value is -2.14. The van der Waals surface area contributed by atoms with E-state index in [0.29, 0.717) is 18.8 Å². The van der Waals surface area contributed by atoms with Crippen molar-refractivity contribution >= 4 is 27.9 Å². The van der Waals surface area contributed by atoms with E-state index in [2.05, 4.69) is 70.5 Å². The summed E-state index contributed by atoms with van der Waals surface area (Å²) in [6, 6.07) is 18.9. The normalized spacial score (nSPS) is 15.3. The van der Waals surface area contributed by atoms with Gasteiger partial charge < -0.3 is 5.73 Å². The lowest BCUT2D eigenvalue weighted by Gasteiger charge is -2.21. The van der Waals surface area contributed by atoms with Crippen LogP contribution in [0.25, 0.3) is 0 Å². The molecule has 3 amide bonds. The molecule has 0 saturated carbocycles. The minimum atomic E-state index is -0.814. The molecule has 0 bridgehead atoms. The molecule has 0 heterocycles. The van der Waals surface area contributed by atoms with Crippen molar-refractivity contribution < 1.29 is 9.59 Å². The number of carbonyl (C=O) groups excluding carboxylic acids is 2. The number of urea groups is 1. The number of alkyl halides is 1. The van der Waals surface area contributed by atoms with Gasteiger partial charge in [0.15, 0.2) is 0 Å². The van der Waals surface area contributed by atoms with Crippen molar-refractivity contribution in [2.75, 3.05) is 0 Å². The number of nitrogens with one attached hydrogen (secondary N) is 1. The molecule has 0 radical (unpaired) electrons. The van der Waals surface area contributed by atoms with E-state index in [1.807, 2.05) is 19.2 Å². The first-order valence-electron chi connectivity index (χ1n) is 9.33. The molecule has 1 unspecified atom stereocenters. The van der Waals surface area contributed by atoms with Crippen LogP contribution in [-0.4, -0.2) is 16.3 Å². The van der Waals surface area contributed by atoms with E-state index in [0.717, 1.165) is 0 Å². The number of primary amides is 1. The second kappa shape index (κ2) is 9.70. The van der Waals surface area contributed by atoms with Gasteiger partial charge in [-0.25, -0.2) is 4.79 Å². The zero-order chi connectivity index (χ0) is 19.9. The number of fused-ring (bicyclic) bond motifs is 1. The summed E-state index contributed by atoms with van der Waals surface area (Å²) >= 11 is 3.26. The molecule has 0 aliphatic heterocycles. The molecule has 0 saturated heterocycles. The van der Waals surface area contributed by atoms with Crippen molar-refractivity contribution in [3.63, 3.8) is 0 Å². The number of hydrogen-bond donors (Lipinski definition) is 2. The van der Waals surface area contributed by atoms with Crippen LogP contribution >= 0.6 is 15.9 Å². The summed E-state index contributed by atoms with van der Waals surface area (Å²) in [5.41, 5.74) is 9.33. The fourth-order valence-corrected chi connectivity index (χ4v) is 3.48. The van der Waals surface area contributed by atoms with Gasteiger partial charge in [0.2, 0.25) is 5.91 Å². The number of amides is 3. The number of imide groups is 1. The fraction of sp³-hybridized carbons (Fsp3) is 0.364. The van der Waals surface area contributed by atoms with Crippen LogP contribution < -0.4 is 11.1 Å². The zero-order valence-electron chi connectivity index (χ0n) is 15.9. The van der Waals surface area contributed by atoms with Gasteiger partial charge in [-0.1, -0.05) is 84.4 Å². The van der Waals surface area contributed by atoms with Gasteiger partial charge in [-0.2, -0.15) is 0 Å².